The molecule has 116 valence electrons. The van der Waals surface area contributed by atoms with Crippen molar-refractivity contribution in [2.24, 2.45) is 5.92 Å². The molecule has 1 saturated carbocycles. The molecule has 0 aromatic carbocycles. The molecule has 2 atom stereocenters. The fraction of sp³-hybridized carbons (Fsp3) is 0.688. The number of hydrogen-bond donors (Lipinski definition) is 0. The van der Waals surface area contributed by atoms with E-state index >= 15 is 0 Å². The highest BCUT2D eigenvalue weighted by Crippen LogP contribution is 2.36. The zero-order valence-electron chi connectivity index (χ0n) is 12.9. The molecule has 1 saturated heterocycles. The highest BCUT2D eigenvalue weighted by Gasteiger charge is 2.35. The van der Waals surface area contributed by atoms with Crippen LogP contribution in [0.25, 0.3) is 0 Å². The molecular weight excluding hydrogens is 289 g/mol. The number of pyridine rings is 1. The van der Waals surface area contributed by atoms with Gasteiger partial charge < -0.3 is 4.90 Å². The van der Waals surface area contributed by atoms with Gasteiger partial charge in [0.1, 0.15) is 5.82 Å². The van der Waals surface area contributed by atoms with Gasteiger partial charge in [-0.15, -0.1) is 0 Å². The molecule has 0 bridgehead atoms. The molecule has 0 amide bonds. The van der Waals surface area contributed by atoms with Gasteiger partial charge >= 0.3 is 0 Å². The maximum atomic E-state index is 13.8. The van der Waals surface area contributed by atoms with Gasteiger partial charge in [0.25, 0.3) is 0 Å². The van der Waals surface area contributed by atoms with Crippen LogP contribution >= 0.6 is 11.6 Å². The number of hydrogen-bond acceptors (Lipinski definition) is 3. The Hall–Kier alpha value is -0.870. The summed E-state index contributed by atoms with van der Waals surface area (Å²) in [6, 6.07) is 2.90. The van der Waals surface area contributed by atoms with E-state index in [9.17, 15) is 4.39 Å². The van der Waals surface area contributed by atoms with Crippen molar-refractivity contribution in [1.82, 2.24) is 9.88 Å². The lowest BCUT2D eigenvalue weighted by atomic mass is 10.1. The topological polar surface area (TPSA) is 19.4 Å². The first-order chi connectivity index (χ1) is 9.97. The van der Waals surface area contributed by atoms with Crippen molar-refractivity contribution < 1.29 is 4.39 Å². The number of aromatic nitrogens is 1. The van der Waals surface area contributed by atoms with Crippen LogP contribution in [0.15, 0.2) is 6.07 Å². The maximum absolute atomic E-state index is 13.8. The number of aryl methyl sites for hydroxylation is 1. The van der Waals surface area contributed by atoms with Crippen molar-refractivity contribution in [3.63, 3.8) is 0 Å². The van der Waals surface area contributed by atoms with Gasteiger partial charge in [-0.1, -0.05) is 11.6 Å². The number of nitrogens with zero attached hydrogens (tertiary/aromatic N) is 3. The summed E-state index contributed by atoms with van der Waals surface area (Å²) in [6.07, 6.45) is 2.75. The average molecular weight is 312 g/mol. The molecule has 2 aliphatic rings. The minimum absolute atomic E-state index is 0.132. The second-order valence-corrected chi connectivity index (χ2v) is 6.90. The van der Waals surface area contributed by atoms with Crippen LogP contribution in [0.2, 0.25) is 5.02 Å². The molecule has 0 spiro atoms. The highest BCUT2D eigenvalue weighted by atomic mass is 35.5. The SMILES string of the molecule is Cc1cc(N2CCN(C(C)C3CC3)C[C@@H]2C)nc(F)c1Cl. The standard InChI is InChI=1S/C16H23ClFN3/c1-10-8-14(19-16(18)15(10)17)21-7-6-20(9-11(21)2)12(3)13-4-5-13/h8,11-13H,4-7,9H2,1-3H3/t11-,12?/m0/s1. The Balaban J connectivity index is 1.73. The Morgan fingerprint density at radius 2 is 2.10 bits per heavy atom. The van der Waals surface area contributed by atoms with E-state index in [1.807, 2.05) is 13.0 Å². The van der Waals surface area contributed by atoms with Gasteiger partial charge in [-0.05, 0) is 51.2 Å². The summed E-state index contributed by atoms with van der Waals surface area (Å²) >= 11 is 5.87. The van der Waals surface area contributed by atoms with Gasteiger partial charge in [0.2, 0.25) is 5.95 Å². The van der Waals surface area contributed by atoms with Gasteiger partial charge in [0.15, 0.2) is 0 Å². The molecule has 1 aromatic heterocycles. The molecular formula is C16H23ClFN3. The van der Waals surface area contributed by atoms with E-state index in [0.29, 0.717) is 17.9 Å². The Morgan fingerprint density at radius 1 is 1.38 bits per heavy atom. The summed E-state index contributed by atoms with van der Waals surface area (Å²) in [5, 5.41) is 0.132. The smallest absolute Gasteiger partial charge is 0.233 e. The summed E-state index contributed by atoms with van der Waals surface area (Å²) in [7, 11) is 0. The normalized spacial score (nSPS) is 25.2. The minimum Gasteiger partial charge on any atom is -0.351 e. The van der Waals surface area contributed by atoms with Crippen molar-refractivity contribution >= 4 is 17.4 Å². The van der Waals surface area contributed by atoms with Gasteiger partial charge in [0, 0.05) is 31.7 Å². The maximum Gasteiger partial charge on any atom is 0.233 e. The van der Waals surface area contributed by atoms with Crippen molar-refractivity contribution in [2.75, 3.05) is 24.5 Å². The Labute approximate surface area is 131 Å². The van der Waals surface area contributed by atoms with Crippen LogP contribution in [-0.4, -0.2) is 41.6 Å². The van der Waals surface area contributed by atoms with Gasteiger partial charge in [0.05, 0.1) is 5.02 Å². The van der Waals surface area contributed by atoms with Crippen LogP contribution in [-0.2, 0) is 0 Å². The molecule has 0 radical (unpaired) electrons. The van der Waals surface area contributed by atoms with Crippen LogP contribution in [0, 0.1) is 18.8 Å². The Bertz CT molecular complexity index is 509. The van der Waals surface area contributed by atoms with E-state index in [4.69, 9.17) is 11.6 Å². The first kappa shape index (κ1) is 15.0. The molecule has 3 rings (SSSR count). The molecule has 3 nitrogen and oxygen atoms in total. The molecule has 5 heteroatoms. The third-order valence-electron chi connectivity index (χ3n) is 4.92. The predicted molar refractivity (Wildman–Crippen MR) is 84.5 cm³/mol. The number of halogens is 2. The lowest BCUT2D eigenvalue weighted by molar-refractivity contribution is 0.158. The molecule has 0 N–H and O–H groups in total. The molecule has 1 unspecified atom stereocenters. The monoisotopic (exact) mass is 311 g/mol. The third-order valence-corrected chi connectivity index (χ3v) is 5.37. The molecule has 1 aliphatic carbocycles. The fourth-order valence-corrected chi connectivity index (χ4v) is 3.42. The fourth-order valence-electron chi connectivity index (χ4n) is 3.32. The first-order valence-electron chi connectivity index (χ1n) is 7.80. The largest absolute Gasteiger partial charge is 0.351 e. The minimum atomic E-state index is -0.562. The molecule has 2 heterocycles. The van der Waals surface area contributed by atoms with Crippen LogP contribution in [0.5, 0.6) is 0 Å². The van der Waals surface area contributed by atoms with Crippen LogP contribution in [0.1, 0.15) is 32.3 Å². The van der Waals surface area contributed by atoms with Crippen molar-refractivity contribution in [3.05, 3.63) is 22.6 Å². The predicted octanol–water partition coefficient (Wildman–Crippen LogP) is 3.49. The third kappa shape index (κ3) is 3.02. The second-order valence-electron chi connectivity index (χ2n) is 6.52. The summed E-state index contributed by atoms with van der Waals surface area (Å²) in [5.41, 5.74) is 0.750. The summed E-state index contributed by atoms with van der Waals surface area (Å²) in [4.78, 5) is 8.80. The number of anilines is 1. The van der Waals surface area contributed by atoms with Crippen molar-refractivity contribution in [3.8, 4) is 0 Å². The lowest BCUT2D eigenvalue weighted by Gasteiger charge is -2.43. The number of piperazine rings is 1. The first-order valence-corrected chi connectivity index (χ1v) is 8.18. The van der Waals surface area contributed by atoms with Crippen molar-refractivity contribution in [1.29, 1.82) is 0 Å². The van der Waals surface area contributed by atoms with Crippen LogP contribution in [0.3, 0.4) is 0 Å². The van der Waals surface area contributed by atoms with E-state index in [2.05, 4.69) is 28.6 Å². The average Bonchev–Trinajstić information content (AvgIpc) is 3.28. The highest BCUT2D eigenvalue weighted by molar-refractivity contribution is 6.31. The van der Waals surface area contributed by atoms with E-state index in [1.165, 1.54) is 12.8 Å². The Kier molecular flexibility index (Phi) is 4.10. The van der Waals surface area contributed by atoms with E-state index in [-0.39, 0.29) is 5.02 Å². The van der Waals surface area contributed by atoms with Gasteiger partial charge in [-0.25, -0.2) is 4.98 Å². The quantitative estimate of drug-likeness (QED) is 0.797. The van der Waals surface area contributed by atoms with Crippen LogP contribution < -0.4 is 4.90 Å². The molecule has 2 fully saturated rings. The van der Waals surface area contributed by atoms with Gasteiger partial charge in [-0.3, -0.25) is 4.90 Å². The van der Waals surface area contributed by atoms with Crippen molar-refractivity contribution in [2.45, 2.75) is 45.7 Å². The summed E-state index contributed by atoms with van der Waals surface area (Å²) < 4.78 is 13.8. The molecule has 1 aliphatic heterocycles. The second kappa shape index (κ2) is 5.73. The van der Waals surface area contributed by atoms with E-state index in [0.717, 1.165) is 31.1 Å². The number of rotatable bonds is 3. The van der Waals surface area contributed by atoms with E-state index < -0.39 is 5.95 Å². The molecule has 21 heavy (non-hydrogen) atoms. The van der Waals surface area contributed by atoms with E-state index in [1.54, 1.807) is 0 Å². The van der Waals surface area contributed by atoms with Crippen LogP contribution in [0.4, 0.5) is 10.2 Å². The molecule has 1 aromatic rings. The summed E-state index contributed by atoms with van der Waals surface area (Å²) in [6.45, 7) is 9.29. The Morgan fingerprint density at radius 3 is 2.67 bits per heavy atom. The van der Waals surface area contributed by atoms with Gasteiger partial charge in [-0.2, -0.15) is 4.39 Å². The lowest BCUT2D eigenvalue weighted by Crippen LogP contribution is -2.55. The summed E-state index contributed by atoms with van der Waals surface area (Å²) in [5.74, 6) is 1.03. The zero-order chi connectivity index (χ0) is 15.1. The zero-order valence-corrected chi connectivity index (χ0v) is 13.7.